The third-order valence-corrected chi connectivity index (χ3v) is 4.37. The fraction of sp³-hybridized carbons (Fsp3) is 0.471. The van der Waals surface area contributed by atoms with E-state index in [9.17, 15) is 14.4 Å². The Morgan fingerprint density at radius 3 is 2.46 bits per heavy atom. The lowest BCUT2D eigenvalue weighted by Crippen LogP contribution is -2.29. The van der Waals surface area contributed by atoms with Crippen LogP contribution < -0.4 is 15.5 Å². The highest BCUT2D eigenvalue weighted by molar-refractivity contribution is 6.12. The molecule has 0 bridgehead atoms. The van der Waals surface area contributed by atoms with Gasteiger partial charge in [-0.2, -0.15) is 0 Å². The van der Waals surface area contributed by atoms with Crippen LogP contribution in [0.1, 0.15) is 29.6 Å². The molecular formula is C17H22N4O3. The molecule has 3 rings (SSSR count). The van der Waals surface area contributed by atoms with Crippen LogP contribution in [0, 0.1) is 0 Å². The minimum atomic E-state index is -0.431. The molecule has 1 aromatic rings. The molecule has 0 aromatic heterocycles. The van der Waals surface area contributed by atoms with Gasteiger partial charge in [0.15, 0.2) is 0 Å². The lowest BCUT2D eigenvalue weighted by molar-refractivity contribution is -0.117. The van der Waals surface area contributed by atoms with Gasteiger partial charge in [-0.15, -0.1) is 0 Å². The van der Waals surface area contributed by atoms with Crippen LogP contribution in [-0.2, 0) is 4.79 Å². The summed E-state index contributed by atoms with van der Waals surface area (Å²) in [5.41, 5.74) is 1.15. The summed E-state index contributed by atoms with van der Waals surface area (Å²) in [6.07, 6.45) is 3.50. The molecule has 2 aliphatic heterocycles. The average Bonchev–Trinajstić information content (AvgIpc) is 3.21. The van der Waals surface area contributed by atoms with E-state index in [1.165, 1.54) is 30.8 Å². The molecule has 2 saturated heterocycles. The van der Waals surface area contributed by atoms with Crippen LogP contribution in [-0.4, -0.2) is 55.5 Å². The fourth-order valence-electron chi connectivity index (χ4n) is 3.06. The van der Waals surface area contributed by atoms with E-state index in [4.69, 9.17) is 0 Å². The number of carbonyl (C=O) groups is 3. The van der Waals surface area contributed by atoms with Gasteiger partial charge in [-0.1, -0.05) is 0 Å². The van der Waals surface area contributed by atoms with Gasteiger partial charge in [-0.3, -0.25) is 19.8 Å². The molecule has 2 N–H and O–H groups in total. The van der Waals surface area contributed by atoms with Crippen molar-refractivity contribution in [3.05, 3.63) is 29.8 Å². The first kappa shape index (κ1) is 16.4. The van der Waals surface area contributed by atoms with E-state index >= 15 is 0 Å². The molecule has 0 unspecified atom stereocenters. The van der Waals surface area contributed by atoms with Gasteiger partial charge in [-0.05, 0) is 63.2 Å². The Hall–Kier alpha value is -2.41. The van der Waals surface area contributed by atoms with E-state index in [-0.39, 0.29) is 18.4 Å². The quantitative estimate of drug-likeness (QED) is 0.601. The number of hydrogen-bond acceptors (Lipinski definition) is 4. The standard InChI is InChI=1S/C17H22N4O3/c22-15-12-21(17(24)19-15)14-6-4-13(5-7-14)16(23)18-8-3-11-20-9-1-2-10-20/h4-7H,1-3,8-12H2,(H,18,23)(H,19,22,24). The van der Waals surface area contributed by atoms with Crippen molar-refractivity contribution in [3.8, 4) is 0 Å². The molecule has 2 fully saturated rings. The maximum absolute atomic E-state index is 12.1. The Kier molecular flexibility index (Phi) is 5.10. The first-order valence-electron chi connectivity index (χ1n) is 8.35. The van der Waals surface area contributed by atoms with E-state index in [1.807, 2.05) is 0 Å². The minimum Gasteiger partial charge on any atom is -0.352 e. The van der Waals surface area contributed by atoms with Crippen molar-refractivity contribution in [3.63, 3.8) is 0 Å². The second-order valence-electron chi connectivity index (χ2n) is 6.14. The third-order valence-electron chi connectivity index (χ3n) is 4.37. The Labute approximate surface area is 141 Å². The lowest BCUT2D eigenvalue weighted by Gasteiger charge is -2.15. The topological polar surface area (TPSA) is 81.8 Å². The monoisotopic (exact) mass is 330 g/mol. The number of nitrogens with one attached hydrogen (secondary N) is 2. The van der Waals surface area contributed by atoms with E-state index in [0.717, 1.165) is 13.0 Å². The SMILES string of the molecule is O=C1CN(c2ccc(C(=O)NCCCN3CCCC3)cc2)C(=O)N1. The van der Waals surface area contributed by atoms with E-state index < -0.39 is 6.03 Å². The number of benzene rings is 1. The highest BCUT2D eigenvalue weighted by Gasteiger charge is 2.27. The van der Waals surface area contributed by atoms with Crippen LogP contribution in [0.3, 0.4) is 0 Å². The van der Waals surface area contributed by atoms with Crippen molar-refractivity contribution in [2.75, 3.05) is 37.6 Å². The van der Waals surface area contributed by atoms with E-state index in [1.54, 1.807) is 24.3 Å². The smallest absolute Gasteiger partial charge is 0.329 e. The number of urea groups is 1. The Bertz CT molecular complexity index is 623. The number of carbonyl (C=O) groups excluding carboxylic acids is 3. The summed E-state index contributed by atoms with van der Waals surface area (Å²) in [6, 6.07) is 6.26. The predicted molar refractivity (Wildman–Crippen MR) is 90.0 cm³/mol. The van der Waals surface area contributed by atoms with Crippen LogP contribution in [0.25, 0.3) is 0 Å². The Morgan fingerprint density at radius 2 is 1.83 bits per heavy atom. The molecule has 0 saturated carbocycles. The van der Waals surface area contributed by atoms with E-state index in [0.29, 0.717) is 17.8 Å². The lowest BCUT2D eigenvalue weighted by atomic mass is 10.2. The van der Waals surface area contributed by atoms with Gasteiger partial charge in [0.2, 0.25) is 5.91 Å². The summed E-state index contributed by atoms with van der Waals surface area (Å²) in [7, 11) is 0. The zero-order valence-electron chi connectivity index (χ0n) is 13.6. The summed E-state index contributed by atoms with van der Waals surface area (Å²) in [5.74, 6) is -0.440. The average molecular weight is 330 g/mol. The van der Waals surface area contributed by atoms with Gasteiger partial charge in [0.1, 0.15) is 6.54 Å². The van der Waals surface area contributed by atoms with Gasteiger partial charge in [0, 0.05) is 17.8 Å². The Balaban J connectivity index is 1.46. The first-order chi connectivity index (χ1) is 11.6. The number of likely N-dealkylation sites (tertiary alicyclic amines) is 1. The zero-order chi connectivity index (χ0) is 16.9. The molecule has 24 heavy (non-hydrogen) atoms. The third kappa shape index (κ3) is 3.91. The second kappa shape index (κ2) is 7.44. The molecule has 4 amide bonds. The summed E-state index contributed by atoms with van der Waals surface area (Å²) >= 11 is 0. The molecule has 7 nitrogen and oxygen atoms in total. The highest BCUT2D eigenvalue weighted by Crippen LogP contribution is 2.17. The zero-order valence-corrected chi connectivity index (χ0v) is 13.6. The van der Waals surface area contributed by atoms with Gasteiger partial charge >= 0.3 is 6.03 Å². The van der Waals surface area contributed by atoms with Crippen LogP contribution in [0.5, 0.6) is 0 Å². The number of anilines is 1. The van der Waals surface area contributed by atoms with Crippen LogP contribution in [0.2, 0.25) is 0 Å². The van der Waals surface area contributed by atoms with Crippen molar-refractivity contribution in [2.24, 2.45) is 0 Å². The maximum atomic E-state index is 12.1. The molecule has 0 spiro atoms. The van der Waals surface area contributed by atoms with Gasteiger partial charge < -0.3 is 10.2 Å². The van der Waals surface area contributed by atoms with Crippen molar-refractivity contribution in [1.29, 1.82) is 0 Å². The first-order valence-corrected chi connectivity index (χ1v) is 8.35. The molecule has 128 valence electrons. The van der Waals surface area contributed by atoms with Crippen molar-refractivity contribution in [2.45, 2.75) is 19.3 Å². The largest absolute Gasteiger partial charge is 0.352 e. The predicted octanol–water partition coefficient (Wildman–Crippen LogP) is 0.958. The van der Waals surface area contributed by atoms with Crippen LogP contribution >= 0.6 is 0 Å². The fourth-order valence-corrected chi connectivity index (χ4v) is 3.06. The second-order valence-corrected chi connectivity index (χ2v) is 6.14. The summed E-state index contributed by atoms with van der Waals surface area (Å²) in [4.78, 5) is 38.7. The molecular weight excluding hydrogens is 308 g/mol. The molecule has 0 radical (unpaired) electrons. The number of amides is 4. The summed E-state index contributed by atoms with van der Waals surface area (Å²) < 4.78 is 0. The molecule has 0 atom stereocenters. The molecule has 2 aliphatic rings. The van der Waals surface area contributed by atoms with Gasteiger partial charge in [-0.25, -0.2) is 4.79 Å². The van der Waals surface area contributed by atoms with Gasteiger partial charge in [0.25, 0.3) is 5.91 Å². The summed E-state index contributed by atoms with van der Waals surface area (Å²) in [6.45, 7) is 4.03. The van der Waals surface area contributed by atoms with Crippen LogP contribution in [0.4, 0.5) is 10.5 Å². The molecule has 7 heteroatoms. The number of rotatable bonds is 6. The Morgan fingerprint density at radius 1 is 1.12 bits per heavy atom. The molecule has 1 aromatic carbocycles. The number of nitrogens with zero attached hydrogens (tertiary/aromatic N) is 2. The maximum Gasteiger partial charge on any atom is 0.329 e. The van der Waals surface area contributed by atoms with Crippen molar-refractivity contribution in [1.82, 2.24) is 15.5 Å². The highest BCUT2D eigenvalue weighted by atomic mass is 16.2. The van der Waals surface area contributed by atoms with E-state index in [2.05, 4.69) is 15.5 Å². The number of imide groups is 1. The van der Waals surface area contributed by atoms with Crippen LogP contribution in [0.15, 0.2) is 24.3 Å². The molecule has 0 aliphatic carbocycles. The van der Waals surface area contributed by atoms with Crippen molar-refractivity contribution < 1.29 is 14.4 Å². The number of hydrogen-bond donors (Lipinski definition) is 2. The van der Waals surface area contributed by atoms with Crippen molar-refractivity contribution >= 4 is 23.5 Å². The molecule has 2 heterocycles. The summed E-state index contributed by atoms with van der Waals surface area (Å²) in [5, 5.41) is 5.14. The van der Waals surface area contributed by atoms with Gasteiger partial charge in [0.05, 0.1) is 0 Å². The normalized spacial score (nSPS) is 18.1. The minimum absolute atomic E-state index is 0.0148.